The average molecular weight is 300 g/mol. The van der Waals surface area contributed by atoms with Crippen molar-refractivity contribution in [3.8, 4) is 6.07 Å². The molecule has 1 rings (SSSR count). The Hall–Kier alpha value is -1.43. The highest BCUT2D eigenvalue weighted by molar-refractivity contribution is 7.89. The zero-order valence-corrected chi connectivity index (χ0v) is 12.9. The highest BCUT2D eigenvalue weighted by atomic mass is 32.2. The molecule has 0 unspecified atom stereocenters. The van der Waals surface area contributed by atoms with Gasteiger partial charge in [0.05, 0.1) is 12.7 Å². The van der Waals surface area contributed by atoms with Crippen LogP contribution in [0.25, 0.3) is 0 Å². The molecule has 1 heterocycles. The molecule has 0 aliphatic carbocycles. The number of nitrogens with zero attached hydrogens (tertiary/aromatic N) is 4. The third-order valence-corrected chi connectivity index (χ3v) is 4.69. The first-order valence-corrected chi connectivity index (χ1v) is 7.81. The summed E-state index contributed by atoms with van der Waals surface area (Å²) in [6.45, 7) is 4.96. The van der Waals surface area contributed by atoms with Gasteiger partial charge in [0.25, 0.3) is 10.0 Å². The number of ether oxygens (including phenoxy) is 1. The molecule has 0 saturated carbocycles. The van der Waals surface area contributed by atoms with Crippen molar-refractivity contribution in [2.45, 2.75) is 31.8 Å². The molecule has 0 amide bonds. The summed E-state index contributed by atoms with van der Waals surface area (Å²) in [7, 11) is -2.18. The van der Waals surface area contributed by atoms with E-state index in [1.54, 1.807) is 11.5 Å². The predicted octanol–water partition coefficient (Wildman–Crippen LogP) is 0.762. The number of aromatic nitrogens is 2. The van der Waals surface area contributed by atoms with Crippen LogP contribution >= 0.6 is 0 Å². The molecule has 7 nitrogen and oxygen atoms in total. The van der Waals surface area contributed by atoms with Gasteiger partial charge in [0.2, 0.25) is 0 Å². The Morgan fingerprint density at radius 2 is 2.20 bits per heavy atom. The molecular formula is C12H20N4O3S. The largest absolute Gasteiger partial charge is 0.383 e. The second-order valence-electron chi connectivity index (χ2n) is 4.22. The third kappa shape index (κ3) is 3.79. The number of hydrogen-bond acceptors (Lipinski definition) is 5. The van der Waals surface area contributed by atoms with Crippen LogP contribution in [0.4, 0.5) is 0 Å². The molecule has 0 N–H and O–H groups in total. The Morgan fingerprint density at radius 1 is 1.50 bits per heavy atom. The summed E-state index contributed by atoms with van der Waals surface area (Å²) in [6.07, 6.45) is 1.66. The van der Waals surface area contributed by atoms with E-state index in [1.165, 1.54) is 17.6 Å². The van der Waals surface area contributed by atoms with Gasteiger partial charge in [-0.05, 0) is 13.8 Å². The predicted molar refractivity (Wildman–Crippen MR) is 73.5 cm³/mol. The van der Waals surface area contributed by atoms with Crippen molar-refractivity contribution in [3.05, 3.63) is 12.0 Å². The first-order chi connectivity index (χ1) is 9.47. The molecule has 1 aromatic heterocycles. The molecule has 0 radical (unpaired) electrons. The van der Waals surface area contributed by atoms with Crippen LogP contribution in [0.1, 0.15) is 19.2 Å². The lowest BCUT2D eigenvalue weighted by atomic mass is 10.4. The van der Waals surface area contributed by atoms with Crippen molar-refractivity contribution in [1.82, 2.24) is 13.9 Å². The van der Waals surface area contributed by atoms with E-state index in [0.717, 1.165) is 0 Å². The molecule has 20 heavy (non-hydrogen) atoms. The summed E-state index contributed by atoms with van der Waals surface area (Å²) < 4.78 is 32.9. The van der Waals surface area contributed by atoms with E-state index < -0.39 is 10.0 Å². The Balaban J connectivity index is 3.04. The van der Waals surface area contributed by atoms with Gasteiger partial charge in [0, 0.05) is 39.4 Å². The quantitative estimate of drug-likeness (QED) is 0.707. The minimum atomic E-state index is -3.69. The summed E-state index contributed by atoms with van der Waals surface area (Å²) >= 11 is 0. The van der Waals surface area contributed by atoms with Gasteiger partial charge in [-0.2, -0.15) is 9.57 Å². The molecule has 8 heteroatoms. The zero-order chi connectivity index (χ0) is 15.2. The monoisotopic (exact) mass is 300 g/mol. The molecular weight excluding hydrogens is 280 g/mol. The van der Waals surface area contributed by atoms with E-state index in [1.807, 2.05) is 13.0 Å². The lowest BCUT2D eigenvalue weighted by molar-refractivity contribution is 0.179. The molecule has 0 aliphatic heterocycles. The molecule has 0 aromatic carbocycles. The summed E-state index contributed by atoms with van der Waals surface area (Å²) in [4.78, 5) is 4.10. The van der Waals surface area contributed by atoms with Crippen LogP contribution in [0.3, 0.4) is 0 Å². The number of methoxy groups -OCH3 is 1. The summed E-state index contributed by atoms with van der Waals surface area (Å²) in [5.74, 6) is 0.651. The van der Waals surface area contributed by atoms with Crippen LogP contribution in [-0.4, -0.2) is 49.1 Å². The highest BCUT2D eigenvalue weighted by Gasteiger charge is 2.27. The maximum absolute atomic E-state index is 12.5. The van der Waals surface area contributed by atoms with Crippen molar-refractivity contribution < 1.29 is 13.2 Å². The van der Waals surface area contributed by atoms with E-state index in [-0.39, 0.29) is 31.1 Å². The smallest absolute Gasteiger partial charge is 0.262 e. The van der Waals surface area contributed by atoms with Crippen LogP contribution in [0.5, 0.6) is 0 Å². The van der Waals surface area contributed by atoms with Crippen LogP contribution < -0.4 is 0 Å². The average Bonchev–Trinajstić information content (AvgIpc) is 2.80. The Morgan fingerprint density at radius 3 is 2.70 bits per heavy atom. The second kappa shape index (κ2) is 7.38. The van der Waals surface area contributed by atoms with E-state index in [9.17, 15) is 8.42 Å². The number of nitriles is 1. The molecule has 0 fully saturated rings. The lowest BCUT2D eigenvalue weighted by Gasteiger charge is -2.19. The highest BCUT2D eigenvalue weighted by Crippen LogP contribution is 2.15. The molecule has 112 valence electrons. The lowest BCUT2D eigenvalue weighted by Crippen LogP contribution is -2.35. The van der Waals surface area contributed by atoms with Gasteiger partial charge in [-0.15, -0.1) is 0 Å². The van der Waals surface area contributed by atoms with Gasteiger partial charge in [-0.25, -0.2) is 13.4 Å². The normalized spacial score (nSPS) is 11.8. The van der Waals surface area contributed by atoms with Crippen molar-refractivity contribution >= 4 is 10.0 Å². The van der Waals surface area contributed by atoms with Crippen LogP contribution in [0.15, 0.2) is 11.2 Å². The first-order valence-electron chi connectivity index (χ1n) is 6.37. The van der Waals surface area contributed by atoms with Gasteiger partial charge >= 0.3 is 0 Å². The molecule has 0 atom stereocenters. The van der Waals surface area contributed by atoms with Gasteiger partial charge < -0.3 is 9.30 Å². The van der Waals surface area contributed by atoms with Crippen molar-refractivity contribution in [2.75, 3.05) is 26.8 Å². The first kappa shape index (κ1) is 16.6. The Kier molecular flexibility index (Phi) is 6.13. The second-order valence-corrected chi connectivity index (χ2v) is 6.10. The molecule has 0 spiro atoms. The van der Waals surface area contributed by atoms with Crippen LogP contribution in [-0.2, 0) is 21.3 Å². The number of hydrogen-bond donors (Lipinski definition) is 0. The summed E-state index contributed by atoms with van der Waals surface area (Å²) in [5.41, 5.74) is 0. The summed E-state index contributed by atoms with van der Waals surface area (Å²) in [5, 5.41) is 8.66. The maximum Gasteiger partial charge on any atom is 0.262 e. The van der Waals surface area contributed by atoms with Crippen molar-refractivity contribution in [1.29, 1.82) is 5.26 Å². The molecule has 1 aromatic rings. The van der Waals surface area contributed by atoms with Crippen LogP contribution in [0.2, 0.25) is 0 Å². The minimum Gasteiger partial charge on any atom is -0.383 e. The zero-order valence-electron chi connectivity index (χ0n) is 12.0. The number of rotatable bonds is 8. The van der Waals surface area contributed by atoms with E-state index in [4.69, 9.17) is 10.00 Å². The van der Waals surface area contributed by atoms with E-state index >= 15 is 0 Å². The maximum atomic E-state index is 12.5. The Bertz CT molecular complexity index is 574. The van der Waals surface area contributed by atoms with Gasteiger partial charge in [0.15, 0.2) is 5.03 Å². The molecule has 0 saturated heterocycles. The Labute approximate surface area is 119 Å². The topological polar surface area (TPSA) is 88.2 Å². The SMILES string of the molecule is CCn1cc(S(=O)(=O)N(CCC#N)CCOC)nc1C. The standard InChI is InChI=1S/C12H20N4O3S/c1-4-15-10-12(14-11(15)2)20(17,18)16(7-5-6-13)8-9-19-3/h10H,4-5,7-9H2,1-3H3. The molecule has 0 aliphatic rings. The third-order valence-electron chi connectivity index (χ3n) is 2.92. The fraction of sp³-hybridized carbons (Fsp3) is 0.667. The fourth-order valence-electron chi connectivity index (χ4n) is 1.78. The van der Waals surface area contributed by atoms with Gasteiger partial charge in [-0.1, -0.05) is 0 Å². The van der Waals surface area contributed by atoms with E-state index in [0.29, 0.717) is 12.4 Å². The number of sulfonamides is 1. The minimum absolute atomic E-state index is 0.0193. The van der Waals surface area contributed by atoms with Gasteiger partial charge in [0.1, 0.15) is 5.82 Å². The fourth-order valence-corrected chi connectivity index (χ4v) is 3.19. The van der Waals surface area contributed by atoms with Gasteiger partial charge in [-0.3, -0.25) is 0 Å². The molecule has 0 bridgehead atoms. The van der Waals surface area contributed by atoms with Crippen molar-refractivity contribution in [2.24, 2.45) is 0 Å². The number of imidazole rings is 1. The summed E-state index contributed by atoms with van der Waals surface area (Å²) in [6, 6.07) is 1.95. The van der Waals surface area contributed by atoms with E-state index in [2.05, 4.69) is 4.98 Å². The van der Waals surface area contributed by atoms with Crippen LogP contribution in [0, 0.1) is 18.3 Å². The number of aryl methyl sites for hydroxylation is 2. The van der Waals surface area contributed by atoms with Crippen molar-refractivity contribution in [3.63, 3.8) is 0 Å².